The van der Waals surface area contributed by atoms with Crippen molar-refractivity contribution in [2.45, 2.75) is 29.5 Å². The van der Waals surface area contributed by atoms with Gasteiger partial charge in [0, 0.05) is 5.38 Å². The van der Waals surface area contributed by atoms with Gasteiger partial charge in [0.15, 0.2) is 0 Å². The first-order chi connectivity index (χ1) is 7.88. The second-order valence-corrected chi connectivity index (χ2v) is 6.48. The SMILES string of the molecule is NS(=O)(=O)c1ccc(CC(Cl)C2CC2)c(F)c1. The lowest BCUT2D eigenvalue weighted by atomic mass is 10.1. The summed E-state index contributed by atoms with van der Waals surface area (Å²) in [4.78, 5) is -0.212. The van der Waals surface area contributed by atoms with Crippen LogP contribution < -0.4 is 5.14 Å². The molecule has 0 aromatic heterocycles. The molecular weight excluding hydrogens is 265 g/mol. The lowest BCUT2D eigenvalue weighted by Crippen LogP contribution is -2.13. The molecule has 1 fully saturated rings. The van der Waals surface area contributed by atoms with E-state index < -0.39 is 15.8 Å². The Morgan fingerprint density at radius 2 is 2.12 bits per heavy atom. The Morgan fingerprint density at radius 3 is 2.59 bits per heavy atom. The summed E-state index contributed by atoms with van der Waals surface area (Å²) in [7, 11) is -3.85. The third kappa shape index (κ3) is 3.18. The summed E-state index contributed by atoms with van der Waals surface area (Å²) < 4.78 is 35.7. The van der Waals surface area contributed by atoms with Crippen LogP contribution in [0.15, 0.2) is 23.1 Å². The first-order valence-electron chi connectivity index (χ1n) is 5.33. The van der Waals surface area contributed by atoms with Crippen molar-refractivity contribution in [2.24, 2.45) is 11.1 Å². The third-order valence-corrected chi connectivity index (χ3v) is 4.32. The summed E-state index contributed by atoms with van der Waals surface area (Å²) in [6, 6.07) is 3.69. The van der Waals surface area contributed by atoms with Gasteiger partial charge in [0.2, 0.25) is 10.0 Å². The zero-order chi connectivity index (χ0) is 12.6. The number of nitrogens with two attached hydrogens (primary N) is 1. The molecule has 1 atom stereocenters. The Bertz CT molecular complexity index is 528. The molecule has 1 unspecified atom stereocenters. The van der Waals surface area contributed by atoms with Crippen molar-refractivity contribution in [3.05, 3.63) is 29.6 Å². The molecule has 1 saturated carbocycles. The smallest absolute Gasteiger partial charge is 0.225 e. The molecule has 0 spiro atoms. The van der Waals surface area contributed by atoms with Crippen molar-refractivity contribution in [2.75, 3.05) is 0 Å². The van der Waals surface area contributed by atoms with Crippen molar-refractivity contribution >= 4 is 21.6 Å². The van der Waals surface area contributed by atoms with E-state index in [4.69, 9.17) is 16.7 Å². The highest BCUT2D eigenvalue weighted by Gasteiger charge is 2.30. The summed E-state index contributed by atoms with van der Waals surface area (Å²) in [5, 5.41) is 4.84. The number of primary sulfonamides is 1. The van der Waals surface area contributed by atoms with E-state index in [1.54, 1.807) is 0 Å². The Kier molecular flexibility index (Phi) is 3.43. The number of halogens is 2. The van der Waals surface area contributed by atoms with Gasteiger partial charge in [0.05, 0.1) is 4.90 Å². The number of hydrogen-bond acceptors (Lipinski definition) is 2. The van der Waals surface area contributed by atoms with Crippen LogP contribution in [0.2, 0.25) is 0 Å². The number of hydrogen-bond donors (Lipinski definition) is 1. The number of sulfonamides is 1. The first kappa shape index (κ1) is 12.8. The highest BCUT2D eigenvalue weighted by molar-refractivity contribution is 7.89. The minimum Gasteiger partial charge on any atom is -0.225 e. The van der Waals surface area contributed by atoms with Gasteiger partial charge < -0.3 is 0 Å². The van der Waals surface area contributed by atoms with Gasteiger partial charge in [-0.1, -0.05) is 6.07 Å². The predicted molar refractivity (Wildman–Crippen MR) is 63.8 cm³/mol. The van der Waals surface area contributed by atoms with Crippen LogP contribution in [0.3, 0.4) is 0 Å². The molecule has 1 aliphatic rings. The molecule has 0 bridgehead atoms. The fourth-order valence-corrected chi connectivity index (χ4v) is 2.65. The molecule has 1 aliphatic carbocycles. The molecule has 2 rings (SSSR count). The van der Waals surface area contributed by atoms with E-state index in [2.05, 4.69) is 0 Å². The maximum atomic E-state index is 13.6. The van der Waals surface area contributed by atoms with E-state index in [0.29, 0.717) is 17.9 Å². The van der Waals surface area contributed by atoms with E-state index in [0.717, 1.165) is 18.9 Å². The average molecular weight is 278 g/mol. The van der Waals surface area contributed by atoms with Crippen molar-refractivity contribution < 1.29 is 12.8 Å². The van der Waals surface area contributed by atoms with Crippen LogP contribution in [0.1, 0.15) is 18.4 Å². The van der Waals surface area contributed by atoms with Crippen LogP contribution in [0.25, 0.3) is 0 Å². The molecule has 0 heterocycles. The van der Waals surface area contributed by atoms with Crippen LogP contribution in [-0.4, -0.2) is 13.8 Å². The lowest BCUT2D eigenvalue weighted by Gasteiger charge is -2.09. The summed E-state index contributed by atoms with van der Waals surface area (Å²) >= 11 is 6.10. The van der Waals surface area contributed by atoms with E-state index in [1.807, 2.05) is 0 Å². The molecule has 0 amide bonds. The maximum absolute atomic E-state index is 13.6. The lowest BCUT2D eigenvalue weighted by molar-refractivity contribution is 0.583. The Balaban J connectivity index is 2.19. The van der Waals surface area contributed by atoms with Gasteiger partial charge >= 0.3 is 0 Å². The van der Waals surface area contributed by atoms with Gasteiger partial charge in [-0.25, -0.2) is 17.9 Å². The second-order valence-electron chi connectivity index (χ2n) is 4.36. The second kappa shape index (κ2) is 4.55. The third-order valence-electron chi connectivity index (χ3n) is 2.90. The van der Waals surface area contributed by atoms with Crippen molar-refractivity contribution in [1.29, 1.82) is 0 Å². The average Bonchev–Trinajstić information content (AvgIpc) is 3.02. The molecule has 1 aromatic carbocycles. The summed E-state index contributed by atoms with van der Waals surface area (Å²) in [6.07, 6.45) is 2.60. The highest BCUT2D eigenvalue weighted by atomic mass is 35.5. The van der Waals surface area contributed by atoms with Crippen LogP contribution in [0.5, 0.6) is 0 Å². The fourth-order valence-electron chi connectivity index (χ4n) is 1.71. The van der Waals surface area contributed by atoms with Gasteiger partial charge in [-0.3, -0.25) is 0 Å². The zero-order valence-electron chi connectivity index (χ0n) is 9.07. The molecule has 0 radical (unpaired) electrons. The minimum atomic E-state index is -3.85. The maximum Gasteiger partial charge on any atom is 0.238 e. The molecule has 6 heteroatoms. The molecule has 94 valence electrons. The van der Waals surface area contributed by atoms with Gasteiger partial charge in [-0.15, -0.1) is 11.6 Å². The number of rotatable bonds is 4. The molecule has 1 aromatic rings. The quantitative estimate of drug-likeness (QED) is 0.856. The van der Waals surface area contributed by atoms with Gasteiger partial charge in [-0.05, 0) is 42.9 Å². The Morgan fingerprint density at radius 1 is 1.47 bits per heavy atom. The van der Waals surface area contributed by atoms with Crippen LogP contribution in [0.4, 0.5) is 4.39 Å². The van der Waals surface area contributed by atoms with Crippen LogP contribution >= 0.6 is 11.6 Å². The standard InChI is InChI=1S/C11H13ClFNO2S/c12-10(7-1-2-7)5-8-3-4-9(6-11(8)13)17(14,15)16/h3-4,6-7,10H,1-2,5H2,(H2,14,15,16). The van der Waals surface area contributed by atoms with E-state index in [-0.39, 0.29) is 10.3 Å². The normalized spacial score (nSPS) is 18.1. The van der Waals surface area contributed by atoms with Gasteiger partial charge in [0.1, 0.15) is 5.82 Å². The highest BCUT2D eigenvalue weighted by Crippen LogP contribution is 2.37. The van der Waals surface area contributed by atoms with Crippen molar-refractivity contribution in [3.8, 4) is 0 Å². The van der Waals surface area contributed by atoms with Gasteiger partial charge in [0.25, 0.3) is 0 Å². The van der Waals surface area contributed by atoms with Crippen molar-refractivity contribution in [1.82, 2.24) is 0 Å². The van der Waals surface area contributed by atoms with Crippen LogP contribution in [0, 0.1) is 11.7 Å². The molecule has 0 aliphatic heterocycles. The Hall–Kier alpha value is -0.650. The monoisotopic (exact) mass is 277 g/mol. The summed E-state index contributed by atoms with van der Waals surface area (Å²) in [5.41, 5.74) is 0.435. The van der Waals surface area contributed by atoms with Gasteiger partial charge in [-0.2, -0.15) is 0 Å². The first-order valence-corrected chi connectivity index (χ1v) is 7.31. The largest absolute Gasteiger partial charge is 0.238 e. The van der Waals surface area contributed by atoms with Crippen molar-refractivity contribution in [3.63, 3.8) is 0 Å². The van der Waals surface area contributed by atoms with E-state index in [9.17, 15) is 12.8 Å². The van der Waals surface area contributed by atoms with Crippen LogP contribution in [-0.2, 0) is 16.4 Å². The molecule has 17 heavy (non-hydrogen) atoms. The number of benzene rings is 1. The summed E-state index contributed by atoms with van der Waals surface area (Å²) in [6.45, 7) is 0. The predicted octanol–water partition coefficient (Wildman–Crippen LogP) is 2.03. The molecule has 3 nitrogen and oxygen atoms in total. The topological polar surface area (TPSA) is 60.2 Å². The minimum absolute atomic E-state index is 0.0789. The summed E-state index contributed by atoms with van der Waals surface area (Å²) in [5.74, 6) is -0.100. The fraction of sp³-hybridized carbons (Fsp3) is 0.455. The Labute approximate surface area is 105 Å². The van der Waals surface area contributed by atoms with E-state index in [1.165, 1.54) is 12.1 Å². The number of alkyl halides is 1. The molecule has 2 N–H and O–H groups in total. The zero-order valence-corrected chi connectivity index (χ0v) is 10.6. The molecule has 0 saturated heterocycles. The van der Waals surface area contributed by atoms with E-state index >= 15 is 0 Å². The molecular formula is C11H13ClFNO2S.